The predicted octanol–water partition coefficient (Wildman–Crippen LogP) is 3.26. The first-order chi connectivity index (χ1) is 13.4. The minimum Gasteiger partial charge on any atom is -0.371 e. The third kappa shape index (κ3) is 4.15. The van der Waals surface area contributed by atoms with Crippen LogP contribution in [0.4, 0.5) is 15.8 Å². The molecule has 152 valence electrons. The summed E-state index contributed by atoms with van der Waals surface area (Å²) in [6, 6.07) is 10.7. The first-order valence-electron chi connectivity index (χ1n) is 9.70. The molecule has 1 heterocycles. The highest BCUT2D eigenvalue weighted by Crippen LogP contribution is 2.34. The molecule has 0 aromatic heterocycles. The molecule has 1 saturated heterocycles. The molecule has 7 heteroatoms. The molecule has 1 aliphatic rings. The monoisotopic (exact) mass is 405 g/mol. The van der Waals surface area contributed by atoms with Crippen molar-refractivity contribution in [3.8, 4) is 0 Å². The summed E-state index contributed by atoms with van der Waals surface area (Å²) in [5.41, 5.74) is 1.69. The minimum atomic E-state index is -3.82. The number of anilines is 2. The average molecular weight is 406 g/mol. The van der Waals surface area contributed by atoms with Crippen LogP contribution in [0.2, 0.25) is 0 Å². The number of likely N-dealkylation sites (N-methyl/N-ethyl adjacent to an activating group) is 1. The van der Waals surface area contributed by atoms with Crippen molar-refractivity contribution in [1.29, 1.82) is 0 Å². The van der Waals surface area contributed by atoms with Gasteiger partial charge in [-0.3, -0.25) is 0 Å². The van der Waals surface area contributed by atoms with Crippen LogP contribution in [0.25, 0.3) is 0 Å². The molecule has 1 aliphatic heterocycles. The Balaban J connectivity index is 2.07. The number of sulfone groups is 1. The molecule has 0 radical (unpaired) electrons. The molecule has 1 fully saturated rings. The zero-order chi connectivity index (χ0) is 20.3. The van der Waals surface area contributed by atoms with Crippen LogP contribution in [0.1, 0.15) is 13.8 Å². The predicted molar refractivity (Wildman–Crippen MR) is 112 cm³/mol. The van der Waals surface area contributed by atoms with Crippen LogP contribution in [0.5, 0.6) is 0 Å². The van der Waals surface area contributed by atoms with Gasteiger partial charge in [0.1, 0.15) is 5.82 Å². The third-order valence-corrected chi connectivity index (χ3v) is 7.11. The lowest BCUT2D eigenvalue weighted by molar-refractivity contribution is 0.313. The topological polar surface area (TPSA) is 43.9 Å². The normalized spacial score (nSPS) is 15.6. The number of hydrogen-bond acceptors (Lipinski definition) is 5. The number of halogens is 1. The Kier molecular flexibility index (Phi) is 6.25. The van der Waals surface area contributed by atoms with E-state index in [4.69, 9.17) is 0 Å². The Morgan fingerprint density at radius 3 is 2.29 bits per heavy atom. The van der Waals surface area contributed by atoms with Crippen molar-refractivity contribution in [2.24, 2.45) is 0 Å². The standard InChI is InChI=1S/C21H28FN3O2S/c1-4-24(5-2)20-16-18(25-13-11-23(3)12-14-25)9-10-21(20)28(26,27)19-8-6-7-17(22)15-19/h6-10,15-16H,4-5,11-14H2,1-3H3. The summed E-state index contributed by atoms with van der Waals surface area (Å²) < 4.78 is 40.2. The Bertz CT molecular complexity index is 921. The van der Waals surface area contributed by atoms with Crippen molar-refractivity contribution in [3.63, 3.8) is 0 Å². The van der Waals surface area contributed by atoms with Crippen LogP contribution in [-0.4, -0.2) is 59.6 Å². The molecular formula is C21H28FN3O2S. The molecule has 28 heavy (non-hydrogen) atoms. The number of rotatable bonds is 6. The molecule has 0 unspecified atom stereocenters. The van der Waals surface area contributed by atoms with Crippen LogP contribution < -0.4 is 9.80 Å². The fourth-order valence-electron chi connectivity index (χ4n) is 3.57. The van der Waals surface area contributed by atoms with E-state index >= 15 is 0 Å². The molecule has 0 saturated carbocycles. The van der Waals surface area contributed by atoms with E-state index in [1.807, 2.05) is 30.9 Å². The molecule has 2 aromatic carbocycles. The molecule has 0 N–H and O–H groups in total. The molecular weight excluding hydrogens is 377 g/mol. The zero-order valence-electron chi connectivity index (χ0n) is 16.7. The van der Waals surface area contributed by atoms with Crippen molar-refractivity contribution in [2.45, 2.75) is 23.6 Å². The lowest BCUT2D eigenvalue weighted by Gasteiger charge is -2.35. The molecule has 0 spiro atoms. The summed E-state index contributed by atoms with van der Waals surface area (Å²) >= 11 is 0. The Morgan fingerprint density at radius 1 is 1.00 bits per heavy atom. The largest absolute Gasteiger partial charge is 0.371 e. The van der Waals surface area contributed by atoms with Gasteiger partial charge < -0.3 is 14.7 Å². The van der Waals surface area contributed by atoms with E-state index in [0.29, 0.717) is 18.8 Å². The van der Waals surface area contributed by atoms with Gasteiger partial charge in [-0.15, -0.1) is 0 Å². The Labute approximate surface area is 167 Å². The van der Waals surface area contributed by atoms with Gasteiger partial charge in [-0.25, -0.2) is 12.8 Å². The van der Waals surface area contributed by atoms with E-state index in [2.05, 4.69) is 16.8 Å². The van der Waals surface area contributed by atoms with Gasteiger partial charge in [-0.05, 0) is 57.3 Å². The Hall–Kier alpha value is -2.12. The van der Waals surface area contributed by atoms with E-state index in [9.17, 15) is 12.8 Å². The SMILES string of the molecule is CCN(CC)c1cc(N2CCN(C)CC2)ccc1S(=O)(=O)c1cccc(F)c1. The van der Waals surface area contributed by atoms with Gasteiger partial charge in [0.25, 0.3) is 0 Å². The second-order valence-electron chi connectivity index (χ2n) is 7.08. The minimum absolute atomic E-state index is 0.0201. The van der Waals surface area contributed by atoms with Crippen molar-refractivity contribution < 1.29 is 12.8 Å². The van der Waals surface area contributed by atoms with E-state index in [0.717, 1.165) is 37.9 Å². The van der Waals surface area contributed by atoms with Gasteiger partial charge in [0, 0.05) is 45.0 Å². The zero-order valence-corrected chi connectivity index (χ0v) is 17.5. The summed E-state index contributed by atoms with van der Waals surface area (Å²) in [4.78, 5) is 6.80. The summed E-state index contributed by atoms with van der Waals surface area (Å²) in [6.07, 6.45) is 0. The molecule has 0 atom stereocenters. The maximum Gasteiger partial charge on any atom is 0.208 e. The maximum atomic E-state index is 13.7. The van der Waals surface area contributed by atoms with Gasteiger partial charge in [-0.2, -0.15) is 0 Å². The average Bonchev–Trinajstić information content (AvgIpc) is 2.69. The number of hydrogen-bond donors (Lipinski definition) is 0. The first kappa shape index (κ1) is 20.6. The maximum absolute atomic E-state index is 13.7. The van der Waals surface area contributed by atoms with Gasteiger partial charge in [0.15, 0.2) is 0 Å². The van der Waals surface area contributed by atoms with Gasteiger partial charge in [0.2, 0.25) is 9.84 Å². The van der Waals surface area contributed by atoms with Gasteiger partial charge >= 0.3 is 0 Å². The van der Waals surface area contributed by atoms with Crippen molar-refractivity contribution in [3.05, 3.63) is 48.3 Å². The van der Waals surface area contributed by atoms with Crippen LogP contribution in [0, 0.1) is 5.82 Å². The van der Waals surface area contributed by atoms with Gasteiger partial charge in [0.05, 0.1) is 15.5 Å². The summed E-state index contributed by atoms with van der Waals surface area (Å²) in [5, 5.41) is 0. The van der Waals surface area contributed by atoms with E-state index in [-0.39, 0.29) is 9.79 Å². The molecule has 3 rings (SSSR count). The third-order valence-electron chi connectivity index (χ3n) is 5.31. The van der Waals surface area contributed by atoms with Crippen molar-refractivity contribution in [2.75, 3.05) is 56.1 Å². The molecule has 0 bridgehead atoms. The van der Waals surface area contributed by atoms with E-state index in [1.165, 1.54) is 18.2 Å². The summed E-state index contributed by atoms with van der Waals surface area (Å²) in [6.45, 7) is 9.15. The number of benzene rings is 2. The second-order valence-corrected chi connectivity index (χ2v) is 8.99. The van der Waals surface area contributed by atoms with E-state index < -0.39 is 15.7 Å². The fourth-order valence-corrected chi connectivity index (χ4v) is 5.06. The van der Waals surface area contributed by atoms with E-state index in [1.54, 1.807) is 6.07 Å². The molecule has 5 nitrogen and oxygen atoms in total. The van der Waals surface area contributed by atoms with Crippen LogP contribution in [0.3, 0.4) is 0 Å². The fraction of sp³-hybridized carbons (Fsp3) is 0.429. The summed E-state index contributed by atoms with van der Waals surface area (Å²) in [7, 11) is -1.72. The highest BCUT2D eigenvalue weighted by atomic mass is 32.2. The lowest BCUT2D eigenvalue weighted by atomic mass is 10.2. The van der Waals surface area contributed by atoms with Crippen LogP contribution in [-0.2, 0) is 9.84 Å². The Morgan fingerprint density at radius 2 is 1.68 bits per heavy atom. The van der Waals surface area contributed by atoms with Gasteiger partial charge in [-0.1, -0.05) is 6.07 Å². The summed E-state index contributed by atoms with van der Waals surface area (Å²) in [5.74, 6) is -0.556. The van der Waals surface area contributed by atoms with Crippen LogP contribution in [0.15, 0.2) is 52.3 Å². The second kappa shape index (κ2) is 8.49. The molecule has 0 aliphatic carbocycles. The number of nitrogens with zero attached hydrogens (tertiary/aromatic N) is 3. The highest BCUT2D eigenvalue weighted by Gasteiger charge is 2.25. The molecule has 0 amide bonds. The van der Waals surface area contributed by atoms with Crippen molar-refractivity contribution in [1.82, 2.24) is 4.90 Å². The molecule has 2 aromatic rings. The first-order valence-corrected chi connectivity index (χ1v) is 11.2. The quantitative estimate of drug-likeness (QED) is 0.738. The van der Waals surface area contributed by atoms with Crippen LogP contribution >= 0.6 is 0 Å². The number of piperazine rings is 1. The smallest absolute Gasteiger partial charge is 0.208 e. The lowest BCUT2D eigenvalue weighted by Crippen LogP contribution is -2.44. The van der Waals surface area contributed by atoms with Crippen molar-refractivity contribution >= 4 is 21.2 Å². The highest BCUT2D eigenvalue weighted by molar-refractivity contribution is 7.91.